The normalized spacial score (nSPS) is 18.7. The van der Waals surface area contributed by atoms with Crippen LogP contribution in [0.2, 0.25) is 0 Å². The Bertz CT molecular complexity index is 576. The summed E-state index contributed by atoms with van der Waals surface area (Å²) >= 11 is 1.18. The van der Waals surface area contributed by atoms with Crippen LogP contribution in [0.15, 0.2) is 18.2 Å². The first-order valence-corrected chi connectivity index (χ1v) is 6.60. The number of hydrogen-bond acceptors (Lipinski definition) is 3. The molecule has 1 unspecified atom stereocenters. The molecule has 1 aliphatic rings. The third-order valence-corrected chi connectivity index (χ3v) is 4.31. The van der Waals surface area contributed by atoms with Crippen molar-refractivity contribution in [1.82, 2.24) is 4.98 Å². The van der Waals surface area contributed by atoms with Crippen molar-refractivity contribution in [3.8, 4) is 10.6 Å². The fourth-order valence-electron chi connectivity index (χ4n) is 2.21. The minimum absolute atomic E-state index is 0.0934. The first-order chi connectivity index (χ1) is 8.66. The molecule has 3 rings (SSSR count). The number of aliphatic hydroxyl groups is 1. The van der Waals surface area contributed by atoms with Crippen molar-refractivity contribution in [2.24, 2.45) is 0 Å². The Morgan fingerprint density at radius 3 is 2.67 bits per heavy atom. The lowest BCUT2D eigenvalue weighted by Crippen LogP contribution is -2.06. The maximum Gasteiger partial charge on any atom is 0.136 e. The summed E-state index contributed by atoms with van der Waals surface area (Å²) < 4.78 is 27.3. The first kappa shape index (κ1) is 11.7. The van der Waals surface area contributed by atoms with Crippen LogP contribution < -0.4 is 0 Å². The Balaban J connectivity index is 2.13. The monoisotopic (exact) mass is 267 g/mol. The van der Waals surface area contributed by atoms with E-state index < -0.39 is 17.7 Å². The van der Waals surface area contributed by atoms with Gasteiger partial charge in [-0.1, -0.05) is 6.07 Å². The second kappa shape index (κ2) is 4.40. The van der Waals surface area contributed by atoms with Crippen molar-refractivity contribution in [2.75, 3.05) is 0 Å². The number of aryl methyl sites for hydroxylation is 1. The summed E-state index contributed by atoms with van der Waals surface area (Å²) in [4.78, 5) is 5.02. The molecular weight excluding hydrogens is 256 g/mol. The number of nitrogens with zero attached hydrogens (tertiary/aromatic N) is 1. The van der Waals surface area contributed by atoms with Crippen molar-refractivity contribution in [1.29, 1.82) is 0 Å². The topological polar surface area (TPSA) is 33.1 Å². The number of aliphatic hydroxyl groups excluding tert-OH is 1. The SMILES string of the molecule is OC1CCCc2nc(-c3c(F)cccc3F)sc21. The Morgan fingerprint density at radius 1 is 1.28 bits per heavy atom. The maximum atomic E-state index is 13.7. The van der Waals surface area contributed by atoms with Crippen molar-refractivity contribution in [3.63, 3.8) is 0 Å². The minimum atomic E-state index is -0.615. The molecule has 0 fully saturated rings. The molecule has 0 saturated carbocycles. The fraction of sp³-hybridized carbons (Fsp3) is 0.308. The van der Waals surface area contributed by atoms with Gasteiger partial charge in [0.2, 0.25) is 0 Å². The third-order valence-electron chi connectivity index (χ3n) is 3.10. The largest absolute Gasteiger partial charge is 0.388 e. The minimum Gasteiger partial charge on any atom is -0.388 e. The smallest absolute Gasteiger partial charge is 0.136 e. The van der Waals surface area contributed by atoms with Crippen molar-refractivity contribution >= 4 is 11.3 Å². The molecule has 1 aliphatic carbocycles. The highest BCUT2D eigenvalue weighted by Crippen LogP contribution is 2.39. The highest BCUT2D eigenvalue weighted by Gasteiger charge is 2.25. The summed E-state index contributed by atoms with van der Waals surface area (Å²) in [5.74, 6) is -1.23. The van der Waals surface area contributed by atoms with E-state index in [1.807, 2.05) is 0 Å². The van der Waals surface area contributed by atoms with E-state index >= 15 is 0 Å². The average molecular weight is 267 g/mol. The molecule has 0 amide bonds. The molecule has 0 bridgehead atoms. The lowest BCUT2D eigenvalue weighted by atomic mass is 10.0. The summed E-state index contributed by atoms with van der Waals surface area (Å²) in [6.07, 6.45) is 1.76. The standard InChI is InChI=1S/C13H11F2NOS/c14-7-3-1-4-8(15)11(7)13-16-9-5-2-6-10(17)12(9)18-13/h1,3-4,10,17H,2,5-6H2. The van der Waals surface area contributed by atoms with E-state index in [-0.39, 0.29) is 5.56 Å². The highest BCUT2D eigenvalue weighted by molar-refractivity contribution is 7.15. The Morgan fingerprint density at radius 2 is 2.00 bits per heavy atom. The number of thiazole rings is 1. The van der Waals surface area contributed by atoms with Crippen LogP contribution in [0.1, 0.15) is 29.5 Å². The zero-order valence-corrected chi connectivity index (χ0v) is 10.3. The summed E-state index contributed by atoms with van der Waals surface area (Å²) in [6.45, 7) is 0. The van der Waals surface area contributed by atoms with Gasteiger partial charge in [-0.05, 0) is 31.4 Å². The average Bonchev–Trinajstić information content (AvgIpc) is 2.74. The molecular formula is C13H11F2NOS. The number of rotatable bonds is 1. The van der Waals surface area contributed by atoms with Crippen LogP contribution in [0.5, 0.6) is 0 Å². The van der Waals surface area contributed by atoms with E-state index in [9.17, 15) is 13.9 Å². The second-order valence-corrected chi connectivity index (χ2v) is 5.37. The number of aromatic nitrogens is 1. The maximum absolute atomic E-state index is 13.7. The van der Waals surface area contributed by atoms with E-state index in [4.69, 9.17) is 0 Å². The molecule has 1 aromatic heterocycles. The van der Waals surface area contributed by atoms with E-state index in [0.717, 1.165) is 23.4 Å². The summed E-state index contributed by atoms with van der Waals surface area (Å²) in [7, 11) is 0. The number of fused-ring (bicyclic) bond motifs is 1. The van der Waals surface area contributed by atoms with Gasteiger partial charge in [-0.3, -0.25) is 0 Å². The molecule has 0 aliphatic heterocycles. The first-order valence-electron chi connectivity index (χ1n) is 5.79. The van der Waals surface area contributed by atoms with E-state index in [1.165, 1.54) is 29.5 Å². The summed E-state index contributed by atoms with van der Waals surface area (Å²) in [5.41, 5.74) is 0.681. The lowest BCUT2D eigenvalue weighted by Gasteiger charge is -2.14. The third kappa shape index (κ3) is 1.83. The summed E-state index contributed by atoms with van der Waals surface area (Å²) in [6, 6.07) is 3.76. The van der Waals surface area contributed by atoms with Gasteiger partial charge < -0.3 is 5.11 Å². The Kier molecular flexibility index (Phi) is 2.87. The molecule has 1 heterocycles. The van der Waals surface area contributed by atoms with Crippen LogP contribution in [-0.4, -0.2) is 10.1 Å². The van der Waals surface area contributed by atoms with Crippen molar-refractivity contribution in [3.05, 3.63) is 40.4 Å². The predicted molar refractivity (Wildman–Crippen MR) is 65.4 cm³/mol. The van der Waals surface area contributed by atoms with Gasteiger partial charge >= 0.3 is 0 Å². The van der Waals surface area contributed by atoms with Crippen LogP contribution in [-0.2, 0) is 6.42 Å². The quantitative estimate of drug-likeness (QED) is 0.858. The van der Waals surface area contributed by atoms with Crippen molar-refractivity contribution < 1.29 is 13.9 Å². The van der Waals surface area contributed by atoms with Crippen LogP contribution in [0.3, 0.4) is 0 Å². The van der Waals surface area contributed by atoms with Crippen LogP contribution in [0.4, 0.5) is 8.78 Å². The van der Waals surface area contributed by atoms with Gasteiger partial charge in [0.05, 0.1) is 22.2 Å². The molecule has 0 spiro atoms. The van der Waals surface area contributed by atoms with E-state index in [0.29, 0.717) is 11.4 Å². The second-order valence-electron chi connectivity index (χ2n) is 4.33. The van der Waals surface area contributed by atoms with Gasteiger partial charge in [-0.2, -0.15) is 0 Å². The van der Waals surface area contributed by atoms with Crippen LogP contribution in [0.25, 0.3) is 10.6 Å². The number of hydrogen-bond donors (Lipinski definition) is 1. The number of benzene rings is 1. The van der Waals surface area contributed by atoms with Gasteiger partial charge in [0.15, 0.2) is 0 Å². The van der Waals surface area contributed by atoms with Gasteiger partial charge in [0, 0.05) is 0 Å². The molecule has 0 saturated heterocycles. The zero-order chi connectivity index (χ0) is 12.7. The van der Waals surface area contributed by atoms with E-state index in [1.54, 1.807) is 0 Å². The summed E-state index contributed by atoms with van der Waals surface area (Å²) in [5, 5.41) is 10.2. The molecule has 1 atom stereocenters. The molecule has 1 N–H and O–H groups in total. The Labute approximate surface area is 107 Å². The fourth-order valence-corrected chi connectivity index (χ4v) is 3.39. The lowest BCUT2D eigenvalue weighted by molar-refractivity contribution is 0.160. The molecule has 1 aromatic carbocycles. The molecule has 2 aromatic rings. The predicted octanol–water partition coefficient (Wildman–Crippen LogP) is 3.46. The van der Waals surface area contributed by atoms with Crippen molar-refractivity contribution in [2.45, 2.75) is 25.4 Å². The molecule has 94 valence electrons. The molecule has 2 nitrogen and oxygen atoms in total. The van der Waals surface area contributed by atoms with Gasteiger partial charge in [-0.25, -0.2) is 13.8 Å². The molecule has 5 heteroatoms. The van der Waals surface area contributed by atoms with Gasteiger partial charge in [-0.15, -0.1) is 11.3 Å². The molecule has 0 radical (unpaired) electrons. The van der Waals surface area contributed by atoms with Gasteiger partial charge in [0.1, 0.15) is 16.6 Å². The molecule has 18 heavy (non-hydrogen) atoms. The van der Waals surface area contributed by atoms with Crippen LogP contribution >= 0.6 is 11.3 Å². The van der Waals surface area contributed by atoms with E-state index in [2.05, 4.69) is 4.98 Å². The Hall–Kier alpha value is -1.33. The highest BCUT2D eigenvalue weighted by atomic mass is 32.1. The number of halogens is 2. The van der Waals surface area contributed by atoms with Gasteiger partial charge in [0.25, 0.3) is 0 Å². The van der Waals surface area contributed by atoms with Crippen LogP contribution in [0, 0.1) is 11.6 Å². The zero-order valence-electron chi connectivity index (χ0n) is 9.49.